The first kappa shape index (κ1) is 18.6. The number of benzene rings is 1. The summed E-state index contributed by atoms with van der Waals surface area (Å²) in [5.41, 5.74) is 1.65. The van der Waals surface area contributed by atoms with Crippen LogP contribution in [-0.2, 0) is 17.9 Å². The van der Waals surface area contributed by atoms with Crippen molar-refractivity contribution in [3.63, 3.8) is 0 Å². The molecule has 7 nitrogen and oxygen atoms in total. The molecule has 0 N–H and O–H groups in total. The van der Waals surface area contributed by atoms with E-state index in [2.05, 4.69) is 5.10 Å². The molecule has 1 aliphatic carbocycles. The maximum Gasteiger partial charge on any atom is 0.285 e. The molecule has 27 heavy (non-hydrogen) atoms. The summed E-state index contributed by atoms with van der Waals surface area (Å²) in [5.74, 6) is 0.591. The smallest absolute Gasteiger partial charge is 0.285 e. The Kier molecular flexibility index (Phi) is 5.26. The summed E-state index contributed by atoms with van der Waals surface area (Å²) in [4.78, 5) is 27.1. The molecule has 3 rings (SSSR count). The molecule has 0 radical (unpaired) electrons. The minimum atomic E-state index is -0.519. The zero-order valence-electron chi connectivity index (χ0n) is 15.7. The van der Waals surface area contributed by atoms with Gasteiger partial charge in [0.05, 0.1) is 12.8 Å². The fourth-order valence-electron chi connectivity index (χ4n) is 2.96. The Morgan fingerprint density at radius 2 is 2.00 bits per heavy atom. The number of carbonyl (C=O) groups excluding carboxylic acids is 1. The van der Waals surface area contributed by atoms with E-state index in [4.69, 9.17) is 4.74 Å². The number of nitrogens with zero attached hydrogens (tertiary/aromatic N) is 4. The number of nitriles is 1. The van der Waals surface area contributed by atoms with E-state index in [-0.39, 0.29) is 24.1 Å². The van der Waals surface area contributed by atoms with Gasteiger partial charge in [-0.05, 0) is 49.9 Å². The summed E-state index contributed by atoms with van der Waals surface area (Å²) < 4.78 is 6.27. The van der Waals surface area contributed by atoms with Crippen molar-refractivity contribution in [1.82, 2.24) is 14.7 Å². The van der Waals surface area contributed by atoms with Crippen molar-refractivity contribution < 1.29 is 9.53 Å². The summed E-state index contributed by atoms with van der Waals surface area (Å²) >= 11 is 0. The molecule has 1 heterocycles. The number of amides is 1. The maximum atomic E-state index is 12.9. The quantitative estimate of drug-likeness (QED) is 0.779. The number of methoxy groups -OCH3 is 1. The standard InChI is InChI=1S/C20H22N4O3/c1-13-14(2)22-24(20(26)18(13)10-21)12-19(25)23(16-6-7-16)11-15-4-8-17(27-3)9-5-15/h4-5,8-9,16H,6-7,11-12H2,1-3H3. The SMILES string of the molecule is COc1ccc(CN(C(=O)Cn2nc(C)c(C)c(C#N)c2=O)C2CC2)cc1. The average molecular weight is 366 g/mol. The van der Waals surface area contributed by atoms with Crippen molar-refractivity contribution in [2.45, 2.75) is 45.8 Å². The van der Waals surface area contributed by atoms with Gasteiger partial charge in [-0.3, -0.25) is 9.59 Å². The van der Waals surface area contributed by atoms with Crippen LogP contribution in [0, 0.1) is 25.2 Å². The molecule has 7 heteroatoms. The Balaban J connectivity index is 1.81. The van der Waals surface area contributed by atoms with Gasteiger partial charge in [-0.1, -0.05) is 12.1 Å². The van der Waals surface area contributed by atoms with Crippen molar-refractivity contribution >= 4 is 5.91 Å². The van der Waals surface area contributed by atoms with E-state index in [9.17, 15) is 14.9 Å². The lowest BCUT2D eigenvalue weighted by Gasteiger charge is -2.23. The van der Waals surface area contributed by atoms with Gasteiger partial charge in [-0.2, -0.15) is 10.4 Å². The molecule has 1 aliphatic rings. The third kappa shape index (κ3) is 4.00. The van der Waals surface area contributed by atoms with Crippen LogP contribution in [0.1, 0.15) is 35.2 Å². The number of ether oxygens (including phenoxy) is 1. The number of aryl methyl sites for hydroxylation is 1. The predicted molar refractivity (Wildman–Crippen MR) is 99.3 cm³/mol. The Morgan fingerprint density at radius 3 is 2.56 bits per heavy atom. The first-order chi connectivity index (χ1) is 12.9. The molecule has 1 amide bonds. The zero-order valence-corrected chi connectivity index (χ0v) is 15.7. The van der Waals surface area contributed by atoms with Crippen LogP contribution in [0.25, 0.3) is 0 Å². The van der Waals surface area contributed by atoms with Crippen LogP contribution >= 0.6 is 0 Å². The summed E-state index contributed by atoms with van der Waals surface area (Å²) in [6.07, 6.45) is 1.92. The fourth-order valence-corrected chi connectivity index (χ4v) is 2.96. The minimum absolute atomic E-state index is 0.0448. The summed E-state index contributed by atoms with van der Waals surface area (Å²) in [7, 11) is 1.61. The van der Waals surface area contributed by atoms with Gasteiger partial charge in [-0.15, -0.1) is 0 Å². The van der Waals surface area contributed by atoms with Crippen molar-refractivity contribution in [2.24, 2.45) is 0 Å². The first-order valence-electron chi connectivity index (χ1n) is 8.85. The third-order valence-corrected chi connectivity index (χ3v) is 4.85. The predicted octanol–water partition coefficient (Wildman–Crippen LogP) is 1.93. The second-order valence-corrected chi connectivity index (χ2v) is 6.76. The molecular formula is C20H22N4O3. The maximum absolute atomic E-state index is 12.9. The van der Waals surface area contributed by atoms with Gasteiger partial charge in [0, 0.05) is 12.6 Å². The van der Waals surface area contributed by atoms with Crippen LogP contribution in [0.3, 0.4) is 0 Å². The van der Waals surface area contributed by atoms with E-state index < -0.39 is 5.56 Å². The van der Waals surface area contributed by atoms with Crippen LogP contribution in [0.2, 0.25) is 0 Å². The number of carbonyl (C=O) groups is 1. The highest BCUT2D eigenvalue weighted by molar-refractivity contribution is 5.76. The van der Waals surface area contributed by atoms with Crippen molar-refractivity contribution in [1.29, 1.82) is 5.26 Å². The van der Waals surface area contributed by atoms with E-state index >= 15 is 0 Å². The van der Waals surface area contributed by atoms with Gasteiger partial charge in [-0.25, -0.2) is 4.68 Å². The molecule has 0 aliphatic heterocycles. The Labute approximate surface area is 157 Å². The van der Waals surface area contributed by atoms with Gasteiger partial charge in [0.1, 0.15) is 23.9 Å². The van der Waals surface area contributed by atoms with Crippen molar-refractivity contribution in [2.75, 3.05) is 7.11 Å². The Hall–Kier alpha value is -3.14. The van der Waals surface area contributed by atoms with Crippen LogP contribution in [0.5, 0.6) is 5.75 Å². The first-order valence-corrected chi connectivity index (χ1v) is 8.85. The highest BCUT2D eigenvalue weighted by Gasteiger charge is 2.33. The molecule has 0 bridgehead atoms. The lowest BCUT2D eigenvalue weighted by molar-refractivity contribution is -0.133. The molecule has 1 aromatic carbocycles. The topological polar surface area (TPSA) is 88.2 Å². The summed E-state index contributed by atoms with van der Waals surface area (Å²) in [5, 5.41) is 13.4. The molecule has 0 unspecified atom stereocenters. The molecule has 140 valence electrons. The number of hydrogen-bond donors (Lipinski definition) is 0. The van der Waals surface area contributed by atoms with Gasteiger partial charge in [0.15, 0.2) is 0 Å². The number of aromatic nitrogens is 2. The minimum Gasteiger partial charge on any atom is -0.497 e. The lowest BCUT2D eigenvalue weighted by atomic mass is 10.1. The van der Waals surface area contributed by atoms with Crippen molar-refractivity contribution in [3.8, 4) is 11.8 Å². The second-order valence-electron chi connectivity index (χ2n) is 6.76. The van der Waals surface area contributed by atoms with Crippen LogP contribution in [0.15, 0.2) is 29.1 Å². The summed E-state index contributed by atoms with van der Waals surface area (Å²) in [6, 6.07) is 9.69. The molecule has 1 fully saturated rings. The van der Waals surface area contributed by atoms with E-state index in [1.165, 1.54) is 0 Å². The molecule has 0 spiro atoms. The average Bonchev–Trinajstić information content (AvgIpc) is 3.50. The molecular weight excluding hydrogens is 344 g/mol. The van der Waals surface area contributed by atoms with Gasteiger partial charge >= 0.3 is 0 Å². The zero-order chi connectivity index (χ0) is 19.6. The number of rotatable bonds is 6. The highest BCUT2D eigenvalue weighted by Crippen LogP contribution is 2.29. The van der Waals surface area contributed by atoms with Crippen molar-refractivity contribution in [3.05, 3.63) is 57.0 Å². The van der Waals surface area contributed by atoms with Crippen LogP contribution in [-0.4, -0.2) is 33.7 Å². The number of hydrogen-bond acceptors (Lipinski definition) is 5. The molecule has 2 aromatic rings. The molecule has 1 aromatic heterocycles. The van der Waals surface area contributed by atoms with Gasteiger partial charge < -0.3 is 9.64 Å². The summed E-state index contributed by atoms with van der Waals surface area (Å²) in [6.45, 7) is 3.72. The monoisotopic (exact) mass is 366 g/mol. The largest absolute Gasteiger partial charge is 0.497 e. The Morgan fingerprint density at radius 1 is 1.33 bits per heavy atom. The van der Waals surface area contributed by atoms with Crippen LogP contribution in [0.4, 0.5) is 0 Å². The van der Waals surface area contributed by atoms with Gasteiger partial charge in [0.2, 0.25) is 5.91 Å². The Bertz CT molecular complexity index is 953. The normalized spacial score (nSPS) is 13.1. The third-order valence-electron chi connectivity index (χ3n) is 4.85. The van der Waals surface area contributed by atoms with Crippen LogP contribution < -0.4 is 10.3 Å². The van der Waals surface area contributed by atoms with E-state index in [1.807, 2.05) is 30.3 Å². The highest BCUT2D eigenvalue weighted by atomic mass is 16.5. The second kappa shape index (κ2) is 7.62. The molecule has 0 atom stereocenters. The fraction of sp³-hybridized carbons (Fsp3) is 0.400. The van der Waals surface area contributed by atoms with E-state index in [1.54, 1.807) is 25.9 Å². The lowest BCUT2D eigenvalue weighted by Crippen LogP contribution is -2.39. The van der Waals surface area contributed by atoms with Gasteiger partial charge in [0.25, 0.3) is 5.56 Å². The van der Waals surface area contributed by atoms with E-state index in [0.29, 0.717) is 17.8 Å². The molecule has 1 saturated carbocycles. The van der Waals surface area contributed by atoms with E-state index in [0.717, 1.165) is 28.8 Å². The molecule has 0 saturated heterocycles.